The Hall–Kier alpha value is -1.98. The van der Waals surface area contributed by atoms with Gasteiger partial charge in [0.2, 0.25) is 0 Å². The van der Waals surface area contributed by atoms with Crippen LogP contribution in [-0.4, -0.2) is 33.0 Å². The maximum Gasteiger partial charge on any atom is 0.356 e. The summed E-state index contributed by atoms with van der Waals surface area (Å²) in [7, 11) is 0. The van der Waals surface area contributed by atoms with Crippen LogP contribution in [0.5, 0.6) is 0 Å². The molecule has 3 rings (SSSR count). The number of carbonyl (C=O) groups excluding carboxylic acids is 1. The quantitative estimate of drug-likeness (QED) is 0.849. The molecule has 1 heterocycles. The maximum atomic E-state index is 12.0. The van der Waals surface area contributed by atoms with Gasteiger partial charge in [-0.05, 0) is 31.1 Å². The van der Waals surface area contributed by atoms with Crippen LogP contribution in [0.2, 0.25) is 0 Å². The number of carboxylic acids is 1. The van der Waals surface area contributed by atoms with Crippen molar-refractivity contribution in [3.05, 3.63) is 23.8 Å². The third kappa shape index (κ3) is 2.30. The second kappa shape index (κ2) is 4.60. The van der Waals surface area contributed by atoms with Crippen molar-refractivity contribution in [2.24, 2.45) is 11.8 Å². The van der Waals surface area contributed by atoms with Crippen molar-refractivity contribution in [2.45, 2.75) is 31.7 Å². The van der Waals surface area contributed by atoms with Crippen LogP contribution in [0.15, 0.2) is 12.4 Å². The molecule has 3 atom stereocenters. The van der Waals surface area contributed by atoms with Crippen LogP contribution in [0, 0.1) is 11.8 Å². The predicted molar refractivity (Wildman–Crippen MR) is 65.7 cm³/mol. The Kier molecular flexibility index (Phi) is 2.93. The number of aromatic carboxylic acids is 1. The lowest BCUT2D eigenvalue weighted by Gasteiger charge is -2.22. The fourth-order valence-corrected chi connectivity index (χ4v) is 3.22. The smallest absolute Gasteiger partial charge is 0.356 e. The summed E-state index contributed by atoms with van der Waals surface area (Å²) in [6.45, 7) is 0. The molecule has 0 aliphatic heterocycles. The van der Waals surface area contributed by atoms with Crippen LogP contribution in [0.25, 0.3) is 0 Å². The molecule has 2 aliphatic rings. The molecular formula is C13H15N3O3. The minimum Gasteiger partial charge on any atom is -0.476 e. The number of nitrogens with one attached hydrogen (secondary N) is 1. The second-order valence-corrected chi connectivity index (χ2v) is 5.35. The topological polar surface area (TPSA) is 92.2 Å². The Bertz CT molecular complexity index is 514. The highest BCUT2D eigenvalue weighted by atomic mass is 16.4. The number of fused-ring (bicyclic) bond motifs is 2. The van der Waals surface area contributed by atoms with E-state index in [2.05, 4.69) is 15.3 Å². The second-order valence-electron chi connectivity index (χ2n) is 5.35. The van der Waals surface area contributed by atoms with Gasteiger partial charge in [0.1, 0.15) is 5.69 Å². The van der Waals surface area contributed by atoms with Gasteiger partial charge in [0.25, 0.3) is 5.91 Å². The molecule has 3 unspecified atom stereocenters. The van der Waals surface area contributed by atoms with Crippen molar-refractivity contribution in [3.8, 4) is 0 Å². The zero-order valence-corrected chi connectivity index (χ0v) is 10.4. The van der Waals surface area contributed by atoms with Gasteiger partial charge >= 0.3 is 5.97 Å². The van der Waals surface area contributed by atoms with Gasteiger partial charge in [0.05, 0.1) is 12.4 Å². The molecule has 100 valence electrons. The van der Waals surface area contributed by atoms with E-state index in [1.54, 1.807) is 0 Å². The summed E-state index contributed by atoms with van der Waals surface area (Å²) in [5.74, 6) is -0.0504. The minimum atomic E-state index is -1.15. The molecule has 1 aromatic heterocycles. The van der Waals surface area contributed by atoms with Crippen molar-refractivity contribution >= 4 is 11.9 Å². The molecule has 19 heavy (non-hydrogen) atoms. The summed E-state index contributed by atoms with van der Waals surface area (Å²) in [6, 6.07) is 0.243. The third-order valence-electron chi connectivity index (χ3n) is 4.16. The summed E-state index contributed by atoms with van der Waals surface area (Å²) >= 11 is 0. The van der Waals surface area contributed by atoms with Crippen LogP contribution < -0.4 is 5.32 Å². The number of carbonyl (C=O) groups is 2. The normalized spacial score (nSPS) is 28.3. The molecule has 1 aromatic rings. The van der Waals surface area contributed by atoms with Crippen LogP contribution in [-0.2, 0) is 0 Å². The van der Waals surface area contributed by atoms with Crippen LogP contribution >= 0.6 is 0 Å². The molecule has 2 saturated carbocycles. The molecular weight excluding hydrogens is 246 g/mol. The molecule has 0 radical (unpaired) electrons. The number of hydrogen-bond acceptors (Lipinski definition) is 4. The van der Waals surface area contributed by atoms with Crippen molar-refractivity contribution in [3.63, 3.8) is 0 Å². The highest BCUT2D eigenvalue weighted by Crippen LogP contribution is 2.44. The monoisotopic (exact) mass is 261 g/mol. The average molecular weight is 261 g/mol. The van der Waals surface area contributed by atoms with E-state index < -0.39 is 5.97 Å². The van der Waals surface area contributed by atoms with Crippen molar-refractivity contribution in [2.75, 3.05) is 0 Å². The molecule has 6 heteroatoms. The van der Waals surface area contributed by atoms with Crippen molar-refractivity contribution in [1.29, 1.82) is 0 Å². The minimum absolute atomic E-state index is 0.156. The molecule has 2 aliphatic carbocycles. The van der Waals surface area contributed by atoms with E-state index in [1.165, 1.54) is 25.5 Å². The zero-order chi connectivity index (χ0) is 13.4. The first-order chi connectivity index (χ1) is 9.13. The molecule has 0 saturated heterocycles. The lowest BCUT2D eigenvalue weighted by molar-refractivity contribution is 0.0688. The Morgan fingerprint density at radius 1 is 1.16 bits per heavy atom. The summed E-state index contributed by atoms with van der Waals surface area (Å²) in [5, 5.41) is 11.7. The average Bonchev–Trinajstić information content (AvgIpc) is 3.01. The Balaban J connectivity index is 1.65. The molecule has 0 aromatic carbocycles. The standard InChI is InChI=1S/C13H15N3O3/c17-12(10-5-15-11(6-14-10)13(18)19)16-9-4-7-1-2-8(9)3-7/h5-9H,1-4H2,(H,16,17)(H,18,19). The third-order valence-corrected chi connectivity index (χ3v) is 4.16. The van der Waals surface area contributed by atoms with Gasteiger partial charge in [-0.2, -0.15) is 0 Å². The first-order valence-electron chi connectivity index (χ1n) is 6.49. The Morgan fingerprint density at radius 3 is 2.42 bits per heavy atom. The summed E-state index contributed by atoms with van der Waals surface area (Å²) in [4.78, 5) is 30.2. The van der Waals surface area contributed by atoms with E-state index in [0.717, 1.165) is 18.5 Å². The van der Waals surface area contributed by atoms with Crippen molar-refractivity contribution < 1.29 is 14.7 Å². The van der Waals surface area contributed by atoms with Gasteiger partial charge in [0, 0.05) is 6.04 Å². The first-order valence-corrected chi connectivity index (χ1v) is 6.49. The van der Waals surface area contributed by atoms with Gasteiger partial charge in [-0.15, -0.1) is 0 Å². The van der Waals surface area contributed by atoms with E-state index in [4.69, 9.17) is 5.11 Å². The lowest BCUT2D eigenvalue weighted by atomic mass is 9.95. The number of hydrogen-bond donors (Lipinski definition) is 2. The maximum absolute atomic E-state index is 12.0. The lowest BCUT2D eigenvalue weighted by Crippen LogP contribution is -2.38. The Morgan fingerprint density at radius 2 is 1.89 bits per heavy atom. The highest BCUT2D eigenvalue weighted by molar-refractivity contribution is 5.93. The van der Waals surface area contributed by atoms with E-state index in [9.17, 15) is 9.59 Å². The molecule has 2 N–H and O–H groups in total. The molecule has 0 spiro atoms. The Labute approximate surface area is 110 Å². The number of aromatic nitrogens is 2. The first kappa shape index (κ1) is 12.1. The number of rotatable bonds is 3. The molecule has 1 amide bonds. The van der Waals surface area contributed by atoms with Crippen LogP contribution in [0.3, 0.4) is 0 Å². The summed E-state index contributed by atoms with van der Waals surface area (Å²) < 4.78 is 0. The van der Waals surface area contributed by atoms with E-state index in [0.29, 0.717) is 5.92 Å². The fraction of sp³-hybridized carbons (Fsp3) is 0.538. The van der Waals surface area contributed by atoms with Gasteiger partial charge in [0.15, 0.2) is 5.69 Å². The van der Waals surface area contributed by atoms with Crippen LogP contribution in [0.4, 0.5) is 0 Å². The summed E-state index contributed by atoms with van der Waals surface area (Å²) in [6.07, 6.45) is 7.07. The summed E-state index contributed by atoms with van der Waals surface area (Å²) in [5.41, 5.74) is 0.0178. The SMILES string of the molecule is O=C(O)c1cnc(C(=O)NC2CC3CCC2C3)cn1. The highest BCUT2D eigenvalue weighted by Gasteiger charge is 2.40. The van der Waals surface area contributed by atoms with Gasteiger partial charge in [-0.3, -0.25) is 4.79 Å². The van der Waals surface area contributed by atoms with Crippen LogP contribution in [0.1, 0.15) is 46.7 Å². The van der Waals surface area contributed by atoms with Gasteiger partial charge in [-0.25, -0.2) is 14.8 Å². The number of carboxylic acid groups (broad SMARTS) is 1. The largest absolute Gasteiger partial charge is 0.476 e. The number of amides is 1. The van der Waals surface area contributed by atoms with Gasteiger partial charge in [-0.1, -0.05) is 6.42 Å². The van der Waals surface area contributed by atoms with E-state index in [-0.39, 0.29) is 23.3 Å². The van der Waals surface area contributed by atoms with E-state index >= 15 is 0 Å². The fourth-order valence-electron chi connectivity index (χ4n) is 3.22. The zero-order valence-electron chi connectivity index (χ0n) is 10.4. The number of nitrogens with zero attached hydrogens (tertiary/aromatic N) is 2. The molecule has 2 fully saturated rings. The van der Waals surface area contributed by atoms with Crippen molar-refractivity contribution in [1.82, 2.24) is 15.3 Å². The van der Waals surface area contributed by atoms with Gasteiger partial charge < -0.3 is 10.4 Å². The molecule has 2 bridgehead atoms. The van der Waals surface area contributed by atoms with E-state index in [1.807, 2.05) is 0 Å². The molecule has 6 nitrogen and oxygen atoms in total. The predicted octanol–water partition coefficient (Wildman–Crippen LogP) is 1.09.